The van der Waals surface area contributed by atoms with Gasteiger partial charge in [-0.3, -0.25) is 9.69 Å². The highest BCUT2D eigenvalue weighted by Crippen LogP contribution is 2.31. The van der Waals surface area contributed by atoms with E-state index < -0.39 is 11.5 Å². The highest BCUT2D eigenvalue weighted by molar-refractivity contribution is 5.78. The standard InChI is InChI=1S/C15H21NO3/c1-3-19-13-7-5-12(6-8-13)11-16-10-4-9-15(16,2)14(17)18/h5-8H,3-4,9-11H2,1-2H3,(H,17,18). The number of carboxylic acids is 1. The van der Waals surface area contributed by atoms with Crippen LogP contribution in [0.2, 0.25) is 0 Å². The molecule has 0 spiro atoms. The first-order valence-electron chi connectivity index (χ1n) is 6.76. The smallest absolute Gasteiger partial charge is 0.323 e. The van der Waals surface area contributed by atoms with E-state index in [4.69, 9.17) is 4.74 Å². The average Bonchev–Trinajstić information content (AvgIpc) is 2.75. The van der Waals surface area contributed by atoms with Crippen molar-refractivity contribution in [1.29, 1.82) is 0 Å². The van der Waals surface area contributed by atoms with E-state index in [9.17, 15) is 9.90 Å². The van der Waals surface area contributed by atoms with Gasteiger partial charge in [-0.25, -0.2) is 0 Å². The maximum Gasteiger partial charge on any atom is 0.323 e. The molecule has 4 nitrogen and oxygen atoms in total. The highest BCUT2D eigenvalue weighted by atomic mass is 16.5. The van der Waals surface area contributed by atoms with Crippen molar-refractivity contribution in [3.8, 4) is 5.75 Å². The van der Waals surface area contributed by atoms with Gasteiger partial charge in [-0.1, -0.05) is 12.1 Å². The first-order valence-corrected chi connectivity index (χ1v) is 6.76. The number of hydrogen-bond acceptors (Lipinski definition) is 3. The first-order chi connectivity index (χ1) is 9.06. The summed E-state index contributed by atoms with van der Waals surface area (Å²) in [4.78, 5) is 13.4. The maximum atomic E-state index is 11.4. The van der Waals surface area contributed by atoms with Gasteiger partial charge in [-0.2, -0.15) is 0 Å². The average molecular weight is 263 g/mol. The number of ether oxygens (including phenoxy) is 1. The fraction of sp³-hybridized carbons (Fsp3) is 0.533. The third kappa shape index (κ3) is 2.89. The highest BCUT2D eigenvalue weighted by Gasteiger charge is 2.42. The molecule has 1 saturated heterocycles. The lowest BCUT2D eigenvalue weighted by molar-refractivity contribution is -0.148. The second kappa shape index (κ2) is 5.61. The van der Waals surface area contributed by atoms with Crippen LogP contribution in [0.25, 0.3) is 0 Å². The van der Waals surface area contributed by atoms with Crippen molar-refractivity contribution in [3.63, 3.8) is 0 Å². The van der Waals surface area contributed by atoms with Crippen LogP contribution < -0.4 is 4.74 Å². The number of carboxylic acid groups (broad SMARTS) is 1. The number of benzene rings is 1. The molecule has 0 saturated carbocycles. The molecule has 0 bridgehead atoms. The van der Waals surface area contributed by atoms with Crippen molar-refractivity contribution in [2.75, 3.05) is 13.2 Å². The lowest BCUT2D eigenvalue weighted by atomic mass is 9.99. The summed E-state index contributed by atoms with van der Waals surface area (Å²) in [6.45, 7) is 5.95. The Morgan fingerprint density at radius 3 is 2.68 bits per heavy atom. The van der Waals surface area contributed by atoms with Crippen LogP contribution in [-0.4, -0.2) is 34.7 Å². The lowest BCUT2D eigenvalue weighted by Crippen LogP contribution is -2.47. The summed E-state index contributed by atoms with van der Waals surface area (Å²) in [6, 6.07) is 7.89. The minimum atomic E-state index is -0.726. The molecule has 1 N–H and O–H groups in total. The molecule has 1 fully saturated rings. The SMILES string of the molecule is CCOc1ccc(CN2CCCC2(C)C(=O)O)cc1. The summed E-state index contributed by atoms with van der Waals surface area (Å²) in [6.07, 6.45) is 1.67. The van der Waals surface area contributed by atoms with Crippen LogP contribution in [0, 0.1) is 0 Å². The molecule has 1 atom stereocenters. The number of hydrogen-bond donors (Lipinski definition) is 1. The van der Waals surface area contributed by atoms with Gasteiger partial charge >= 0.3 is 5.97 Å². The van der Waals surface area contributed by atoms with Gasteiger partial charge in [0.05, 0.1) is 6.61 Å². The minimum Gasteiger partial charge on any atom is -0.494 e. The Morgan fingerprint density at radius 1 is 1.42 bits per heavy atom. The van der Waals surface area contributed by atoms with E-state index in [2.05, 4.69) is 0 Å². The Morgan fingerprint density at radius 2 is 2.11 bits per heavy atom. The lowest BCUT2D eigenvalue weighted by Gasteiger charge is -2.31. The van der Waals surface area contributed by atoms with Crippen molar-refractivity contribution < 1.29 is 14.6 Å². The largest absolute Gasteiger partial charge is 0.494 e. The Bertz CT molecular complexity index is 443. The van der Waals surface area contributed by atoms with Crippen molar-refractivity contribution in [2.45, 2.75) is 38.8 Å². The molecule has 1 aromatic carbocycles. The van der Waals surface area contributed by atoms with E-state index in [-0.39, 0.29) is 0 Å². The quantitative estimate of drug-likeness (QED) is 0.887. The molecule has 19 heavy (non-hydrogen) atoms. The topological polar surface area (TPSA) is 49.8 Å². The van der Waals surface area contributed by atoms with Gasteiger partial charge in [-0.05, 0) is 50.9 Å². The fourth-order valence-corrected chi connectivity index (χ4v) is 2.59. The monoisotopic (exact) mass is 263 g/mol. The number of carbonyl (C=O) groups is 1. The number of rotatable bonds is 5. The van der Waals surface area contributed by atoms with Crippen LogP contribution in [-0.2, 0) is 11.3 Å². The molecule has 1 aromatic rings. The van der Waals surface area contributed by atoms with Crippen molar-refractivity contribution in [2.24, 2.45) is 0 Å². The van der Waals surface area contributed by atoms with E-state index in [0.29, 0.717) is 13.2 Å². The summed E-state index contributed by atoms with van der Waals surface area (Å²) >= 11 is 0. The molecular weight excluding hydrogens is 242 g/mol. The second-order valence-electron chi connectivity index (χ2n) is 5.18. The molecule has 4 heteroatoms. The minimum absolute atomic E-state index is 0.655. The summed E-state index contributed by atoms with van der Waals surface area (Å²) < 4.78 is 5.40. The van der Waals surface area contributed by atoms with Gasteiger partial charge in [0.1, 0.15) is 11.3 Å². The van der Waals surface area contributed by atoms with E-state index in [1.54, 1.807) is 0 Å². The van der Waals surface area contributed by atoms with E-state index in [1.165, 1.54) is 0 Å². The zero-order chi connectivity index (χ0) is 13.9. The van der Waals surface area contributed by atoms with Gasteiger partial charge in [-0.15, -0.1) is 0 Å². The zero-order valence-electron chi connectivity index (χ0n) is 11.6. The van der Waals surface area contributed by atoms with Gasteiger partial charge in [0.15, 0.2) is 0 Å². The number of likely N-dealkylation sites (tertiary alicyclic amines) is 1. The number of aliphatic carboxylic acids is 1. The molecule has 104 valence electrons. The molecule has 0 amide bonds. The van der Waals surface area contributed by atoms with Crippen LogP contribution in [0.1, 0.15) is 32.3 Å². The summed E-state index contributed by atoms with van der Waals surface area (Å²) in [5, 5.41) is 9.37. The molecule has 2 rings (SSSR count). The van der Waals surface area contributed by atoms with Crippen molar-refractivity contribution >= 4 is 5.97 Å². The van der Waals surface area contributed by atoms with Crippen LogP contribution >= 0.6 is 0 Å². The molecule has 1 heterocycles. The summed E-state index contributed by atoms with van der Waals surface area (Å²) in [5.74, 6) is 0.129. The maximum absolute atomic E-state index is 11.4. The Labute approximate surface area is 114 Å². The van der Waals surface area contributed by atoms with Gasteiger partial charge in [0.2, 0.25) is 0 Å². The Balaban J connectivity index is 2.06. The van der Waals surface area contributed by atoms with E-state index in [0.717, 1.165) is 30.7 Å². The van der Waals surface area contributed by atoms with Gasteiger partial charge in [0.25, 0.3) is 0 Å². The Hall–Kier alpha value is -1.55. The molecule has 0 radical (unpaired) electrons. The first kappa shape index (κ1) is 13.9. The fourth-order valence-electron chi connectivity index (χ4n) is 2.59. The third-order valence-corrected chi connectivity index (χ3v) is 3.86. The van der Waals surface area contributed by atoms with E-state index >= 15 is 0 Å². The predicted molar refractivity (Wildman–Crippen MR) is 73.3 cm³/mol. The molecule has 1 aliphatic rings. The summed E-state index contributed by atoms with van der Waals surface area (Å²) in [7, 11) is 0. The normalized spacial score (nSPS) is 23.5. The van der Waals surface area contributed by atoms with Crippen LogP contribution in [0.15, 0.2) is 24.3 Å². The Kier molecular flexibility index (Phi) is 4.10. The van der Waals surface area contributed by atoms with Crippen molar-refractivity contribution in [3.05, 3.63) is 29.8 Å². The molecule has 0 aromatic heterocycles. The predicted octanol–water partition coefficient (Wildman–Crippen LogP) is 2.52. The van der Waals surface area contributed by atoms with Crippen molar-refractivity contribution in [1.82, 2.24) is 4.90 Å². The van der Waals surface area contributed by atoms with Crippen LogP contribution in [0.3, 0.4) is 0 Å². The number of nitrogens with zero attached hydrogens (tertiary/aromatic N) is 1. The third-order valence-electron chi connectivity index (χ3n) is 3.86. The zero-order valence-corrected chi connectivity index (χ0v) is 11.6. The summed E-state index contributed by atoms with van der Waals surface area (Å²) in [5.41, 5.74) is 0.399. The molecule has 1 aliphatic heterocycles. The molecule has 1 unspecified atom stereocenters. The molecular formula is C15H21NO3. The van der Waals surface area contributed by atoms with Crippen LogP contribution in [0.4, 0.5) is 0 Å². The molecule has 0 aliphatic carbocycles. The second-order valence-corrected chi connectivity index (χ2v) is 5.18. The van der Waals surface area contributed by atoms with E-state index in [1.807, 2.05) is 43.0 Å². The van der Waals surface area contributed by atoms with Gasteiger partial charge in [0, 0.05) is 6.54 Å². The van der Waals surface area contributed by atoms with Gasteiger partial charge < -0.3 is 9.84 Å². The van der Waals surface area contributed by atoms with Crippen LogP contribution in [0.5, 0.6) is 5.75 Å².